The maximum Gasteiger partial charge on any atom is 0.318 e. The normalized spacial score (nSPS) is 17.1. The van der Waals surface area contributed by atoms with Crippen LogP contribution in [-0.4, -0.2) is 55.1 Å². The van der Waals surface area contributed by atoms with Crippen molar-refractivity contribution in [3.63, 3.8) is 0 Å². The molecule has 24 heavy (non-hydrogen) atoms. The van der Waals surface area contributed by atoms with Crippen LogP contribution in [-0.2, 0) is 4.79 Å². The number of anilines is 1. The van der Waals surface area contributed by atoms with Gasteiger partial charge in [0, 0.05) is 37.9 Å². The number of carbonyl (C=O) groups is 2. The van der Waals surface area contributed by atoms with Crippen molar-refractivity contribution in [3.8, 4) is 0 Å². The fraction of sp³-hybridized carbons (Fsp3) is 0.556. The quantitative estimate of drug-likeness (QED) is 0.864. The van der Waals surface area contributed by atoms with Crippen molar-refractivity contribution in [2.45, 2.75) is 39.3 Å². The molecule has 1 aliphatic rings. The van der Waals surface area contributed by atoms with E-state index >= 15 is 0 Å². The van der Waals surface area contributed by atoms with E-state index in [4.69, 9.17) is 0 Å². The number of benzene rings is 1. The summed E-state index contributed by atoms with van der Waals surface area (Å²) in [5.74, 6) is -0.138. The van der Waals surface area contributed by atoms with Crippen molar-refractivity contribution in [2.75, 3.05) is 31.1 Å². The Morgan fingerprint density at radius 1 is 1.04 bits per heavy atom. The lowest BCUT2D eigenvalue weighted by atomic mass is 10.2. The Labute approximate surface area is 144 Å². The number of urea groups is 1. The first kappa shape index (κ1) is 18.1. The molecule has 0 aliphatic carbocycles. The van der Waals surface area contributed by atoms with Crippen LogP contribution in [0.1, 0.15) is 27.2 Å². The monoisotopic (exact) mass is 332 g/mol. The molecule has 1 heterocycles. The van der Waals surface area contributed by atoms with Gasteiger partial charge in [-0.15, -0.1) is 0 Å². The molecule has 0 unspecified atom stereocenters. The summed E-state index contributed by atoms with van der Waals surface area (Å²) < 4.78 is 0. The minimum Gasteiger partial charge on any atom is -0.368 e. The maximum atomic E-state index is 12.3. The summed E-state index contributed by atoms with van der Waals surface area (Å²) in [6, 6.07) is 9.62. The topological polar surface area (TPSA) is 64.7 Å². The molecule has 1 fully saturated rings. The molecule has 1 aromatic carbocycles. The van der Waals surface area contributed by atoms with E-state index in [2.05, 4.69) is 27.7 Å². The smallest absolute Gasteiger partial charge is 0.318 e. The molecule has 0 bridgehead atoms. The third kappa shape index (κ3) is 4.88. The molecule has 2 rings (SSSR count). The summed E-state index contributed by atoms with van der Waals surface area (Å²) in [7, 11) is 0. The molecule has 3 amide bonds. The molecule has 1 saturated heterocycles. The number of hydrogen-bond donors (Lipinski definition) is 2. The van der Waals surface area contributed by atoms with E-state index < -0.39 is 6.04 Å². The number of piperazine rings is 1. The summed E-state index contributed by atoms with van der Waals surface area (Å²) in [6.45, 7) is 8.59. The van der Waals surface area contributed by atoms with Crippen LogP contribution in [0.15, 0.2) is 30.3 Å². The van der Waals surface area contributed by atoms with Crippen molar-refractivity contribution in [2.24, 2.45) is 0 Å². The average molecular weight is 332 g/mol. The Kier molecular flexibility index (Phi) is 6.46. The van der Waals surface area contributed by atoms with Gasteiger partial charge in [-0.3, -0.25) is 4.79 Å². The van der Waals surface area contributed by atoms with Crippen LogP contribution < -0.4 is 15.5 Å². The Morgan fingerprint density at radius 2 is 1.67 bits per heavy atom. The second kappa shape index (κ2) is 8.57. The summed E-state index contributed by atoms with van der Waals surface area (Å²) >= 11 is 0. The molecular formula is C18H28N4O2. The van der Waals surface area contributed by atoms with Crippen LogP contribution >= 0.6 is 0 Å². The highest BCUT2D eigenvalue weighted by atomic mass is 16.2. The van der Waals surface area contributed by atoms with Gasteiger partial charge >= 0.3 is 6.03 Å². The van der Waals surface area contributed by atoms with Gasteiger partial charge in [0.2, 0.25) is 5.91 Å². The van der Waals surface area contributed by atoms with Gasteiger partial charge in [-0.05, 0) is 32.4 Å². The van der Waals surface area contributed by atoms with E-state index in [0.29, 0.717) is 13.1 Å². The van der Waals surface area contributed by atoms with E-state index in [1.807, 2.05) is 32.0 Å². The molecule has 2 N–H and O–H groups in total. The van der Waals surface area contributed by atoms with Crippen molar-refractivity contribution in [3.05, 3.63) is 30.3 Å². The van der Waals surface area contributed by atoms with Crippen LogP contribution in [0.4, 0.5) is 10.5 Å². The zero-order valence-electron chi connectivity index (χ0n) is 14.8. The van der Waals surface area contributed by atoms with Gasteiger partial charge < -0.3 is 20.4 Å². The van der Waals surface area contributed by atoms with Crippen molar-refractivity contribution >= 4 is 17.6 Å². The highest BCUT2D eigenvalue weighted by Gasteiger charge is 2.24. The van der Waals surface area contributed by atoms with Gasteiger partial charge in [-0.2, -0.15) is 0 Å². The molecule has 2 atom stereocenters. The SMILES string of the molecule is CC[C@@H](C)NC(=O)[C@H](C)NC(=O)N1CCN(c2ccccc2)CC1. The second-order valence-corrected chi connectivity index (χ2v) is 6.30. The van der Waals surface area contributed by atoms with Crippen molar-refractivity contribution in [1.82, 2.24) is 15.5 Å². The molecule has 6 heteroatoms. The minimum absolute atomic E-state index is 0.117. The van der Waals surface area contributed by atoms with Gasteiger partial charge in [-0.1, -0.05) is 25.1 Å². The number of hydrogen-bond acceptors (Lipinski definition) is 3. The summed E-state index contributed by atoms with van der Waals surface area (Å²) in [5.41, 5.74) is 1.18. The number of nitrogens with zero attached hydrogens (tertiary/aromatic N) is 2. The molecule has 1 aromatic rings. The summed E-state index contributed by atoms with van der Waals surface area (Å²) in [5, 5.41) is 5.68. The first-order valence-corrected chi connectivity index (χ1v) is 8.67. The maximum absolute atomic E-state index is 12.3. The lowest BCUT2D eigenvalue weighted by molar-refractivity contribution is -0.123. The Morgan fingerprint density at radius 3 is 2.25 bits per heavy atom. The zero-order valence-corrected chi connectivity index (χ0v) is 14.8. The first-order valence-electron chi connectivity index (χ1n) is 8.67. The van der Waals surface area contributed by atoms with Crippen LogP contribution in [0.2, 0.25) is 0 Å². The summed E-state index contributed by atoms with van der Waals surface area (Å²) in [4.78, 5) is 28.4. The average Bonchev–Trinajstić information content (AvgIpc) is 2.62. The predicted molar refractivity (Wildman–Crippen MR) is 96.1 cm³/mol. The third-order valence-electron chi connectivity index (χ3n) is 4.42. The molecule has 0 radical (unpaired) electrons. The van der Waals surface area contributed by atoms with E-state index in [0.717, 1.165) is 19.5 Å². The molecular weight excluding hydrogens is 304 g/mol. The van der Waals surface area contributed by atoms with E-state index in [-0.39, 0.29) is 18.0 Å². The molecule has 6 nitrogen and oxygen atoms in total. The standard InChI is InChI=1S/C18H28N4O2/c1-4-14(2)19-17(23)15(3)20-18(24)22-12-10-21(11-13-22)16-8-6-5-7-9-16/h5-9,14-15H,4,10-13H2,1-3H3,(H,19,23)(H,20,24)/t14-,15+/m1/s1. The van der Waals surface area contributed by atoms with Crippen molar-refractivity contribution in [1.29, 1.82) is 0 Å². The largest absolute Gasteiger partial charge is 0.368 e. The molecule has 132 valence electrons. The van der Waals surface area contributed by atoms with Crippen LogP contribution in [0.3, 0.4) is 0 Å². The third-order valence-corrected chi connectivity index (χ3v) is 4.42. The number of para-hydroxylation sites is 1. The van der Waals surface area contributed by atoms with E-state index in [1.165, 1.54) is 5.69 Å². The van der Waals surface area contributed by atoms with Crippen LogP contribution in [0, 0.1) is 0 Å². The van der Waals surface area contributed by atoms with Gasteiger partial charge in [0.1, 0.15) is 6.04 Å². The highest BCUT2D eigenvalue weighted by Crippen LogP contribution is 2.15. The number of nitrogens with one attached hydrogen (secondary N) is 2. The number of rotatable bonds is 5. The van der Waals surface area contributed by atoms with Crippen LogP contribution in [0.5, 0.6) is 0 Å². The predicted octanol–water partition coefficient (Wildman–Crippen LogP) is 1.82. The molecule has 0 aromatic heterocycles. The Hall–Kier alpha value is -2.24. The Bertz CT molecular complexity index is 541. The summed E-state index contributed by atoms with van der Waals surface area (Å²) in [6.07, 6.45) is 0.869. The number of amides is 3. The molecule has 0 saturated carbocycles. The van der Waals surface area contributed by atoms with Crippen molar-refractivity contribution < 1.29 is 9.59 Å². The van der Waals surface area contributed by atoms with Gasteiger partial charge in [-0.25, -0.2) is 4.79 Å². The fourth-order valence-electron chi connectivity index (χ4n) is 2.62. The van der Waals surface area contributed by atoms with Gasteiger partial charge in [0.05, 0.1) is 0 Å². The fourth-order valence-corrected chi connectivity index (χ4v) is 2.62. The molecule has 0 spiro atoms. The zero-order chi connectivity index (χ0) is 17.5. The van der Waals surface area contributed by atoms with Crippen LogP contribution in [0.25, 0.3) is 0 Å². The lowest BCUT2D eigenvalue weighted by Gasteiger charge is -2.36. The second-order valence-electron chi connectivity index (χ2n) is 6.30. The minimum atomic E-state index is -0.529. The number of carbonyl (C=O) groups excluding carboxylic acids is 2. The van der Waals surface area contributed by atoms with E-state index in [9.17, 15) is 9.59 Å². The van der Waals surface area contributed by atoms with Gasteiger partial charge in [0.15, 0.2) is 0 Å². The Balaban J connectivity index is 1.79. The molecule has 1 aliphatic heterocycles. The van der Waals surface area contributed by atoms with Gasteiger partial charge in [0.25, 0.3) is 0 Å². The highest BCUT2D eigenvalue weighted by molar-refractivity contribution is 5.86. The van der Waals surface area contributed by atoms with E-state index in [1.54, 1.807) is 11.8 Å². The lowest BCUT2D eigenvalue weighted by Crippen LogP contribution is -2.55. The first-order chi connectivity index (χ1) is 11.5.